The summed E-state index contributed by atoms with van der Waals surface area (Å²) in [6.45, 7) is 4.89. The Morgan fingerprint density at radius 1 is 1.27 bits per heavy atom. The molecule has 1 aromatic rings. The van der Waals surface area contributed by atoms with Gasteiger partial charge in [0.25, 0.3) is 11.8 Å². The van der Waals surface area contributed by atoms with E-state index in [1.807, 2.05) is 6.07 Å². The van der Waals surface area contributed by atoms with Crippen LogP contribution in [0.25, 0.3) is 0 Å². The number of ether oxygens (including phenoxy) is 1. The Labute approximate surface area is 178 Å². The first-order chi connectivity index (χ1) is 11.7. The Kier molecular flexibility index (Phi) is 6.02. The summed E-state index contributed by atoms with van der Waals surface area (Å²) in [6.07, 6.45) is 0. The van der Waals surface area contributed by atoms with E-state index in [9.17, 15) is 19.5 Å². The molecule has 3 atom stereocenters. The number of nitrogens with one attached hydrogen (secondary N) is 1. The predicted molar refractivity (Wildman–Crippen MR) is 89.6 cm³/mol. The molecule has 0 aliphatic carbocycles. The molecule has 2 aliphatic heterocycles. The number of β-lactam (4-membered cyclic amide) rings is 1. The molecule has 9 heteroatoms. The summed E-state index contributed by atoms with van der Waals surface area (Å²) in [4.78, 5) is 37.4. The van der Waals surface area contributed by atoms with E-state index in [-0.39, 0.29) is 36.2 Å². The Hall–Kier alpha value is -1.22. The van der Waals surface area contributed by atoms with Gasteiger partial charge in [0.1, 0.15) is 16.7 Å². The van der Waals surface area contributed by atoms with Crippen LogP contribution in [0.3, 0.4) is 0 Å². The summed E-state index contributed by atoms with van der Waals surface area (Å²) in [6, 6.07) is 7.86. The molecule has 1 aromatic carbocycles. The standard InChI is InChI=1S/C17H20N2O5S.Na/c1-16(2)12(13(21)22)19-14(23)17(3,15(19)25-16)18-11(20)9-24-10-7-5-4-6-8-10;/h4-8,12,15H,9H2,1-3H3,(H,18,20)(H,21,22);/q;+1/p-1/t12-,15+,17+;/m0./s1. The number of nitrogens with zero attached hydrogens (tertiary/aromatic N) is 1. The van der Waals surface area contributed by atoms with Crippen molar-refractivity contribution >= 4 is 29.5 Å². The van der Waals surface area contributed by atoms with Crippen molar-refractivity contribution in [3.05, 3.63) is 30.3 Å². The summed E-state index contributed by atoms with van der Waals surface area (Å²) in [5.41, 5.74) is -1.15. The van der Waals surface area contributed by atoms with Crippen molar-refractivity contribution < 1.29 is 53.8 Å². The number of carboxylic acids is 1. The van der Waals surface area contributed by atoms with Gasteiger partial charge in [-0.05, 0) is 32.9 Å². The maximum absolute atomic E-state index is 12.5. The number of rotatable bonds is 5. The minimum absolute atomic E-state index is 0. The molecule has 0 spiro atoms. The van der Waals surface area contributed by atoms with Crippen LogP contribution in [0.1, 0.15) is 20.8 Å². The molecule has 2 fully saturated rings. The van der Waals surface area contributed by atoms with Crippen molar-refractivity contribution in [2.24, 2.45) is 0 Å². The van der Waals surface area contributed by atoms with Gasteiger partial charge in [0, 0.05) is 4.75 Å². The third-order valence-corrected chi connectivity index (χ3v) is 6.27. The number of carbonyl (C=O) groups excluding carboxylic acids is 3. The fraction of sp³-hybridized carbons (Fsp3) is 0.471. The third-order valence-electron chi connectivity index (χ3n) is 4.51. The molecule has 2 aliphatic rings. The van der Waals surface area contributed by atoms with E-state index in [4.69, 9.17) is 4.74 Å². The summed E-state index contributed by atoms with van der Waals surface area (Å²) in [5.74, 6) is -1.58. The largest absolute Gasteiger partial charge is 1.00 e. The molecule has 0 unspecified atom stereocenters. The van der Waals surface area contributed by atoms with Crippen molar-refractivity contribution in [2.45, 2.75) is 42.5 Å². The van der Waals surface area contributed by atoms with E-state index >= 15 is 0 Å². The first-order valence-corrected chi connectivity index (χ1v) is 8.75. The van der Waals surface area contributed by atoms with Gasteiger partial charge in [-0.1, -0.05) is 18.2 Å². The van der Waals surface area contributed by atoms with Crippen molar-refractivity contribution in [2.75, 3.05) is 6.61 Å². The normalized spacial score (nSPS) is 28.4. The van der Waals surface area contributed by atoms with Gasteiger partial charge in [-0.25, -0.2) is 0 Å². The van der Waals surface area contributed by atoms with E-state index < -0.39 is 39.5 Å². The number of carboxylic acid groups (broad SMARTS) is 1. The third kappa shape index (κ3) is 3.47. The van der Waals surface area contributed by atoms with Gasteiger partial charge in [-0.3, -0.25) is 9.59 Å². The molecule has 7 nitrogen and oxygen atoms in total. The first-order valence-electron chi connectivity index (χ1n) is 7.87. The molecule has 0 bridgehead atoms. The van der Waals surface area contributed by atoms with E-state index in [0.717, 1.165) is 0 Å². The molecular formula is C17H19N2NaO5S. The van der Waals surface area contributed by atoms with Crippen molar-refractivity contribution in [1.29, 1.82) is 0 Å². The predicted octanol–water partition coefficient (Wildman–Crippen LogP) is -3.24. The van der Waals surface area contributed by atoms with Crippen molar-refractivity contribution in [3.8, 4) is 5.75 Å². The number of amides is 2. The number of para-hydroxylation sites is 1. The van der Waals surface area contributed by atoms with Crippen LogP contribution >= 0.6 is 11.8 Å². The number of hydrogen-bond acceptors (Lipinski definition) is 6. The van der Waals surface area contributed by atoms with E-state index in [2.05, 4.69) is 5.32 Å². The van der Waals surface area contributed by atoms with Gasteiger partial charge in [0.15, 0.2) is 6.61 Å². The monoisotopic (exact) mass is 386 g/mol. The molecular weight excluding hydrogens is 367 g/mol. The number of benzene rings is 1. The van der Waals surface area contributed by atoms with E-state index in [1.165, 1.54) is 16.7 Å². The molecule has 0 saturated carbocycles. The molecule has 2 heterocycles. The van der Waals surface area contributed by atoms with Gasteiger partial charge < -0.3 is 24.9 Å². The number of carbonyl (C=O) groups is 3. The Morgan fingerprint density at radius 2 is 1.88 bits per heavy atom. The van der Waals surface area contributed by atoms with Crippen molar-refractivity contribution in [1.82, 2.24) is 10.2 Å². The molecule has 1 N–H and O–H groups in total. The molecule has 2 saturated heterocycles. The summed E-state index contributed by atoms with van der Waals surface area (Å²) in [5, 5.41) is 13.7. The van der Waals surface area contributed by atoms with Gasteiger partial charge in [0.05, 0.1) is 12.0 Å². The fourth-order valence-electron chi connectivity index (χ4n) is 3.31. The molecule has 26 heavy (non-hydrogen) atoms. The van der Waals surface area contributed by atoms with Gasteiger partial charge >= 0.3 is 29.6 Å². The molecule has 3 rings (SSSR count). The molecule has 134 valence electrons. The van der Waals surface area contributed by atoms with Gasteiger partial charge in [-0.2, -0.15) is 0 Å². The summed E-state index contributed by atoms with van der Waals surface area (Å²) in [7, 11) is 0. The maximum atomic E-state index is 12.5. The molecule has 0 radical (unpaired) electrons. The second-order valence-corrected chi connectivity index (χ2v) is 8.59. The van der Waals surface area contributed by atoms with Crippen LogP contribution in [-0.2, 0) is 14.4 Å². The van der Waals surface area contributed by atoms with Crippen molar-refractivity contribution in [3.63, 3.8) is 0 Å². The number of fused-ring (bicyclic) bond motifs is 1. The van der Waals surface area contributed by atoms with Crippen LogP contribution in [0.15, 0.2) is 30.3 Å². The minimum Gasteiger partial charge on any atom is -0.548 e. The maximum Gasteiger partial charge on any atom is 1.00 e. The van der Waals surface area contributed by atoms with Gasteiger partial charge in [-0.15, -0.1) is 11.8 Å². The number of aliphatic carboxylic acids is 1. The zero-order valence-corrected chi connectivity index (χ0v) is 18.0. The minimum atomic E-state index is -1.28. The second-order valence-electron chi connectivity index (χ2n) is 6.86. The van der Waals surface area contributed by atoms with Crippen LogP contribution < -0.4 is 44.7 Å². The van der Waals surface area contributed by atoms with Crippen LogP contribution in [0.4, 0.5) is 0 Å². The van der Waals surface area contributed by atoms with Crippen LogP contribution in [0.5, 0.6) is 5.75 Å². The Balaban J connectivity index is 0.00000243. The zero-order chi connectivity index (χ0) is 18.4. The average molecular weight is 386 g/mol. The van der Waals surface area contributed by atoms with Crippen LogP contribution in [-0.4, -0.2) is 51.0 Å². The van der Waals surface area contributed by atoms with E-state index in [0.29, 0.717) is 5.75 Å². The topological polar surface area (TPSA) is 98.8 Å². The second kappa shape index (κ2) is 7.42. The zero-order valence-electron chi connectivity index (χ0n) is 15.1. The molecule has 2 amide bonds. The SMILES string of the molecule is CC1(C)S[C@H]2N(C(=O)[C@@]2(C)NC(=O)COc2ccccc2)[C@H]1C(=O)[O-].[Na+]. The number of hydrogen-bond donors (Lipinski definition) is 1. The van der Waals surface area contributed by atoms with E-state index in [1.54, 1.807) is 45.0 Å². The van der Waals surface area contributed by atoms with Crippen LogP contribution in [0, 0.1) is 0 Å². The molecule has 0 aromatic heterocycles. The summed E-state index contributed by atoms with van der Waals surface area (Å²) >= 11 is 1.35. The fourth-order valence-corrected chi connectivity index (χ4v) is 4.95. The first kappa shape index (κ1) is 21.1. The van der Waals surface area contributed by atoms with Crippen LogP contribution in [0.2, 0.25) is 0 Å². The smallest absolute Gasteiger partial charge is 0.548 e. The number of thioether (sulfide) groups is 1. The summed E-state index contributed by atoms with van der Waals surface area (Å²) < 4.78 is 4.69. The van der Waals surface area contributed by atoms with Gasteiger partial charge in [0.2, 0.25) is 0 Å². The average Bonchev–Trinajstić information content (AvgIpc) is 2.83. The Bertz CT molecular complexity index is 729. The Morgan fingerprint density at radius 3 is 2.46 bits per heavy atom. The quantitative estimate of drug-likeness (QED) is 0.422.